The number of benzene rings is 1. The van der Waals surface area contributed by atoms with E-state index in [1.54, 1.807) is 0 Å². The van der Waals surface area contributed by atoms with Crippen LogP contribution >= 0.6 is 11.8 Å². The Bertz CT molecular complexity index is 598. The number of hydrogen-bond donors (Lipinski definition) is 3. The molecule has 2 heterocycles. The van der Waals surface area contributed by atoms with Gasteiger partial charge in [0.25, 0.3) is 0 Å². The first kappa shape index (κ1) is 21.5. The van der Waals surface area contributed by atoms with Crippen molar-refractivity contribution >= 4 is 17.7 Å². The Kier molecular flexibility index (Phi) is 8.49. The van der Waals surface area contributed by atoms with Crippen molar-refractivity contribution in [3.63, 3.8) is 0 Å². The molecule has 1 aromatic carbocycles. The van der Waals surface area contributed by atoms with E-state index in [-0.39, 0.29) is 5.54 Å². The molecule has 3 N–H and O–H groups in total. The second-order valence-electron chi connectivity index (χ2n) is 7.92. The van der Waals surface area contributed by atoms with Crippen molar-refractivity contribution in [1.29, 1.82) is 0 Å². The lowest BCUT2D eigenvalue weighted by molar-refractivity contribution is 0.0374. The number of hydrogen-bond acceptors (Lipinski definition) is 4. The number of guanidine groups is 1. The number of thioether (sulfide) groups is 1. The van der Waals surface area contributed by atoms with Crippen LogP contribution in [0.25, 0.3) is 0 Å². The van der Waals surface area contributed by atoms with E-state index in [2.05, 4.69) is 60.1 Å². The maximum absolute atomic E-state index is 5.67. The molecule has 2 fully saturated rings. The summed E-state index contributed by atoms with van der Waals surface area (Å²) in [7, 11) is 0. The third-order valence-corrected chi connectivity index (χ3v) is 6.87. The average molecular weight is 405 g/mol. The lowest BCUT2D eigenvalue weighted by atomic mass is 9.88. The third-order valence-electron chi connectivity index (χ3n) is 5.66. The fourth-order valence-electron chi connectivity index (χ4n) is 3.99. The fraction of sp³-hybridized carbons (Fsp3) is 0.682. The van der Waals surface area contributed by atoms with Crippen LogP contribution in [0.2, 0.25) is 0 Å². The highest BCUT2D eigenvalue weighted by Crippen LogP contribution is 2.26. The Balaban J connectivity index is 1.67. The molecule has 0 saturated carbocycles. The van der Waals surface area contributed by atoms with Gasteiger partial charge in [-0.3, -0.25) is 4.99 Å². The summed E-state index contributed by atoms with van der Waals surface area (Å²) in [4.78, 5) is 5.02. The molecule has 28 heavy (non-hydrogen) atoms. The van der Waals surface area contributed by atoms with Gasteiger partial charge >= 0.3 is 0 Å². The van der Waals surface area contributed by atoms with Crippen molar-refractivity contribution < 1.29 is 4.74 Å². The molecule has 6 heteroatoms. The van der Waals surface area contributed by atoms with Gasteiger partial charge in [-0.15, -0.1) is 0 Å². The molecule has 0 bridgehead atoms. The Hall–Kier alpha value is -1.24. The first-order valence-corrected chi connectivity index (χ1v) is 11.9. The summed E-state index contributed by atoms with van der Waals surface area (Å²) in [6, 6.07) is 11.5. The van der Waals surface area contributed by atoms with Crippen molar-refractivity contribution in [2.75, 3.05) is 37.8 Å². The van der Waals surface area contributed by atoms with Crippen molar-refractivity contribution in [1.82, 2.24) is 16.0 Å². The van der Waals surface area contributed by atoms with Gasteiger partial charge in [-0.25, -0.2) is 0 Å². The molecule has 2 unspecified atom stereocenters. The second kappa shape index (κ2) is 11.1. The minimum Gasteiger partial charge on any atom is -0.381 e. The van der Waals surface area contributed by atoms with Crippen LogP contribution in [-0.4, -0.2) is 55.3 Å². The van der Waals surface area contributed by atoms with Crippen molar-refractivity contribution in [3.8, 4) is 0 Å². The zero-order valence-electron chi connectivity index (χ0n) is 17.4. The quantitative estimate of drug-likeness (QED) is 0.481. The Labute approximate surface area is 174 Å². The van der Waals surface area contributed by atoms with Crippen LogP contribution in [0.5, 0.6) is 0 Å². The van der Waals surface area contributed by atoms with E-state index < -0.39 is 0 Å². The van der Waals surface area contributed by atoms with Gasteiger partial charge in [-0.1, -0.05) is 30.3 Å². The van der Waals surface area contributed by atoms with Gasteiger partial charge in [0.15, 0.2) is 5.96 Å². The van der Waals surface area contributed by atoms with Gasteiger partial charge in [0, 0.05) is 43.1 Å². The molecule has 0 spiro atoms. The van der Waals surface area contributed by atoms with E-state index in [9.17, 15) is 0 Å². The van der Waals surface area contributed by atoms with Crippen molar-refractivity contribution in [2.45, 2.75) is 57.2 Å². The van der Waals surface area contributed by atoms with E-state index in [0.29, 0.717) is 12.1 Å². The summed E-state index contributed by atoms with van der Waals surface area (Å²) in [6.45, 7) is 7.63. The second-order valence-corrected chi connectivity index (χ2v) is 9.07. The summed E-state index contributed by atoms with van der Waals surface area (Å²) < 4.78 is 5.67. The van der Waals surface area contributed by atoms with Gasteiger partial charge in [0.05, 0.1) is 6.54 Å². The van der Waals surface area contributed by atoms with E-state index in [4.69, 9.17) is 9.73 Å². The van der Waals surface area contributed by atoms with E-state index >= 15 is 0 Å². The standard InChI is InChI=1S/C22H36N4OS/c1-3-23-21(25-20-10-7-15-28-16-20)24-17-22(11-13-27-14-12-22)26-18(2)19-8-5-4-6-9-19/h4-6,8-9,18,20,26H,3,7,10-17H2,1-2H3,(H2,23,24,25). The predicted molar refractivity (Wildman–Crippen MR) is 120 cm³/mol. The predicted octanol–water partition coefficient (Wildman–Crippen LogP) is 3.34. The molecule has 0 radical (unpaired) electrons. The summed E-state index contributed by atoms with van der Waals surface area (Å²) >= 11 is 2.04. The van der Waals surface area contributed by atoms with Gasteiger partial charge in [-0.05, 0) is 50.8 Å². The maximum Gasteiger partial charge on any atom is 0.191 e. The molecule has 0 aliphatic carbocycles. The Morgan fingerprint density at radius 1 is 1.29 bits per heavy atom. The molecule has 1 aromatic rings. The van der Waals surface area contributed by atoms with Crippen LogP contribution in [0.1, 0.15) is 51.1 Å². The zero-order valence-corrected chi connectivity index (χ0v) is 18.2. The first-order valence-electron chi connectivity index (χ1n) is 10.7. The van der Waals surface area contributed by atoms with Crippen LogP contribution in [0.15, 0.2) is 35.3 Å². The largest absolute Gasteiger partial charge is 0.381 e. The molecular formula is C22H36N4OS. The summed E-state index contributed by atoms with van der Waals surface area (Å²) in [6.07, 6.45) is 4.51. The number of nitrogens with zero attached hydrogens (tertiary/aromatic N) is 1. The topological polar surface area (TPSA) is 57.7 Å². The van der Waals surface area contributed by atoms with Crippen LogP contribution < -0.4 is 16.0 Å². The molecule has 0 aromatic heterocycles. The van der Waals surface area contributed by atoms with Crippen LogP contribution in [-0.2, 0) is 4.74 Å². The highest BCUT2D eigenvalue weighted by atomic mass is 32.2. The molecule has 2 aliphatic rings. The summed E-state index contributed by atoms with van der Waals surface area (Å²) in [5, 5.41) is 11.0. The number of nitrogens with one attached hydrogen (secondary N) is 3. The van der Waals surface area contributed by atoms with Crippen molar-refractivity contribution in [2.24, 2.45) is 4.99 Å². The number of ether oxygens (including phenoxy) is 1. The number of rotatable bonds is 7. The first-order chi connectivity index (χ1) is 13.7. The van der Waals surface area contributed by atoms with E-state index in [1.807, 2.05) is 11.8 Å². The Morgan fingerprint density at radius 3 is 2.75 bits per heavy atom. The lowest BCUT2D eigenvalue weighted by Gasteiger charge is -2.39. The molecule has 0 amide bonds. The fourth-order valence-corrected chi connectivity index (χ4v) is 5.06. The average Bonchev–Trinajstić information content (AvgIpc) is 2.74. The monoisotopic (exact) mass is 404 g/mol. The molecule has 5 nitrogen and oxygen atoms in total. The van der Waals surface area contributed by atoms with E-state index in [1.165, 1.54) is 29.9 Å². The van der Waals surface area contributed by atoms with Crippen LogP contribution in [0.4, 0.5) is 0 Å². The molecular weight excluding hydrogens is 368 g/mol. The molecule has 2 aliphatic heterocycles. The van der Waals surface area contributed by atoms with Crippen molar-refractivity contribution in [3.05, 3.63) is 35.9 Å². The molecule has 2 atom stereocenters. The van der Waals surface area contributed by atoms with Crippen LogP contribution in [0.3, 0.4) is 0 Å². The third kappa shape index (κ3) is 6.39. The van der Waals surface area contributed by atoms with Gasteiger partial charge in [-0.2, -0.15) is 11.8 Å². The Morgan fingerprint density at radius 2 is 2.07 bits per heavy atom. The minimum atomic E-state index is -0.0167. The summed E-state index contributed by atoms with van der Waals surface area (Å²) in [5.41, 5.74) is 1.30. The molecule has 3 rings (SSSR count). The SMILES string of the molecule is CCNC(=NCC1(NC(C)c2ccccc2)CCOCC1)NC1CCCSC1. The lowest BCUT2D eigenvalue weighted by Crippen LogP contribution is -2.54. The highest BCUT2D eigenvalue weighted by molar-refractivity contribution is 7.99. The van der Waals surface area contributed by atoms with Gasteiger partial charge in [0.1, 0.15) is 0 Å². The molecule has 156 valence electrons. The van der Waals surface area contributed by atoms with Gasteiger partial charge in [0.2, 0.25) is 0 Å². The number of aliphatic imine (C=N–C) groups is 1. The smallest absolute Gasteiger partial charge is 0.191 e. The normalized spacial score (nSPS) is 23.8. The van der Waals surface area contributed by atoms with Gasteiger partial charge < -0.3 is 20.7 Å². The zero-order chi connectivity index (χ0) is 19.7. The molecule has 2 saturated heterocycles. The summed E-state index contributed by atoms with van der Waals surface area (Å²) in [5.74, 6) is 3.41. The minimum absolute atomic E-state index is 0.0167. The highest BCUT2D eigenvalue weighted by Gasteiger charge is 2.34. The maximum atomic E-state index is 5.67. The van der Waals surface area contributed by atoms with E-state index in [0.717, 1.165) is 45.1 Å². The van der Waals surface area contributed by atoms with Crippen LogP contribution in [0, 0.1) is 0 Å².